The molecule has 1 aromatic rings. The van der Waals surface area contributed by atoms with E-state index in [1.54, 1.807) is 0 Å². The van der Waals surface area contributed by atoms with Gasteiger partial charge in [-0.05, 0) is 25.3 Å². The lowest BCUT2D eigenvalue weighted by molar-refractivity contribution is -0.384. The molecule has 7 heteroatoms. The van der Waals surface area contributed by atoms with Gasteiger partial charge < -0.3 is 15.5 Å². The highest BCUT2D eigenvalue weighted by atomic mass is 16.6. The number of nitrogens with one attached hydrogen (secondary N) is 1. The van der Waals surface area contributed by atoms with Gasteiger partial charge in [0.25, 0.3) is 5.69 Å². The number of nitro benzene ring substituents is 1. The number of rotatable bonds is 5. The first-order valence-electron chi connectivity index (χ1n) is 5.88. The Morgan fingerprint density at radius 2 is 2.16 bits per heavy atom. The maximum atomic E-state index is 11.2. The van der Waals surface area contributed by atoms with Crippen LogP contribution in [0.1, 0.15) is 29.6 Å². The molecule has 2 rings (SSSR count). The van der Waals surface area contributed by atoms with E-state index in [1.165, 1.54) is 12.1 Å². The molecule has 0 spiro atoms. The Hall–Kier alpha value is -2.15. The lowest BCUT2D eigenvalue weighted by Crippen LogP contribution is -2.48. The van der Waals surface area contributed by atoms with Gasteiger partial charge in [-0.2, -0.15) is 0 Å². The Kier molecular flexibility index (Phi) is 3.39. The lowest BCUT2D eigenvalue weighted by Gasteiger charge is -2.42. The van der Waals surface area contributed by atoms with Gasteiger partial charge in [-0.15, -0.1) is 0 Å². The van der Waals surface area contributed by atoms with Gasteiger partial charge in [0.1, 0.15) is 0 Å². The Balaban J connectivity index is 2.34. The molecule has 1 aliphatic rings. The van der Waals surface area contributed by atoms with Crippen molar-refractivity contribution in [2.75, 3.05) is 11.9 Å². The van der Waals surface area contributed by atoms with E-state index >= 15 is 0 Å². The van der Waals surface area contributed by atoms with E-state index in [4.69, 9.17) is 5.11 Å². The lowest BCUT2D eigenvalue weighted by atomic mass is 9.77. The molecule has 0 aliphatic heterocycles. The van der Waals surface area contributed by atoms with Crippen molar-refractivity contribution in [2.45, 2.75) is 24.8 Å². The minimum absolute atomic E-state index is 0.0942. The molecule has 0 saturated heterocycles. The van der Waals surface area contributed by atoms with E-state index in [9.17, 15) is 20.0 Å². The van der Waals surface area contributed by atoms with Gasteiger partial charge in [-0.3, -0.25) is 10.1 Å². The van der Waals surface area contributed by atoms with E-state index < -0.39 is 16.4 Å². The minimum atomic E-state index is -1.24. The van der Waals surface area contributed by atoms with Gasteiger partial charge in [0.05, 0.1) is 22.6 Å². The number of aliphatic hydroxyl groups excluding tert-OH is 1. The van der Waals surface area contributed by atoms with Crippen molar-refractivity contribution < 1.29 is 19.9 Å². The van der Waals surface area contributed by atoms with Crippen molar-refractivity contribution in [1.82, 2.24) is 0 Å². The normalized spacial score (nSPS) is 16.5. The number of anilines is 1. The second-order valence-electron chi connectivity index (χ2n) is 4.71. The van der Waals surface area contributed by atoms with Gasteiger partial charge in [-0.1, -0.05) is 0 Å². The van der Waals surface area contributed by atoms with E-state index in [-0.39, 0.29) is 17.9 Å². The van der Waals surface area contributed by atoms with Gasteiger partial charge >= 0.3 is 5.97 Å². The number of aliphatic hydroxyl groups is 1. The fraction of sp³-hybridized carbons (Fsp3) is 0.417. The number of carboxylic acid groups (broad SMARTS) is 1. The van der Waals surface area contributed by atoms with E-state index in [0.717, 1.165) is 25.3 Å². The molecule has 102 valence electrons. The average molecular weight is 266 g/mol. The molecule has 1 saturated carbocycles. The van der Waals surface area contributed by atoms with Gasteiger partial charge in [-0.25, -0.2) is 4.79 Å². The molecule has 0 atom stereocenters. The smallest absolute Gasteiger partial charge is 0.338 e. The van der Waals surface area contributed by atoms with Crippen LogP contribution in [0.15, 0.2) is 18.2 Å². The molecule has 19 heavy (non-hydrogen) atoms. The maximum Gasteiger partial charge on any atom is 0.338 e. The number of non-ortho nitro benzene ring substituents is 1. The van der Waals surface area contributed by atoms with Crippen LogP contribution in [0.3, 0.4) is 0 Å². The SMILES string of the molecule is O=C(O)c1cc([N+](=O)[O-])ccc1NC1(CO)CCC1. The zero-order chi connectivity index (χ0) is 14.0. The first kappa shape index (κ1) is 13.3. The van der Waals surface area contributed by atoms with Gasteiger partial charge in [0.2, 0.25) is 0 Å². The molecule has 7 nitrogen and oxygen atoms in total. The summed E-state index contributed by atoms with van der Waals surface area (Å²) >= 11 is 0. The van der Waals surface area contributed by atoms with Crippen LogP contribution in [0.5, 0.6) is 0 Å². The fourth-order valence-electron chi connectivity index (χ4n) is 2.14. The Morgan fingerprint density at radius 1 is 1.47 bits per heavy atom. The summed E-state index contributed by atoms with van der Waals surface area (Å²) in [6, 6.07) is 3.64. The van der Waals surface area contributed by atoms with Crippen molar-refractivity contribution >= 4 is 17.3 Å². The largest absolute Gasteiger partial charge is 0.478 e. The number of aromatic carboxylic acids is 1. The van der Waals surface area contributed by atoms with E-state index in [2.05, 4.69) is 5.32 Å². The highest BCUT2D eigenvalue weighted by molar-refractivity contribution is 5.95. The van der Waals surface area contributed by atoms with Crippen molar-refractivity contribution in [3.05, 3.63) is 33.9 Å². The third-order valence-electron chi connectivity index (χ3n) is 3.46. The number of benzene rings is 1. The first-order chi connectivity index (χ1) is 8.97. The average Bonchev–Trinajstić information content (AvgIpc) is 2.33. The van der Waals surface area contributed by atoms with Crippen LogP contribution >= 0.6 is 0 Å². The number of carbonyl (C=O) groups is 1. The summed E-state index contributed by atoms with van der Waals surface area (Å²) in [5.41, 5.74) is -0.629. The predicted octanol–water partition coefficient (Wildman–Crippen LogP) is 1.62. The molecular weight excluding hydrogens is 252 g/mol. The Bertz CT molecular complexity index is 519. The quantitative estimate of drug-likeness (QED) is 0.551. The highest BCUT2D eigenvalue weighted by Gasteiger charge is 2.37. The van der Waals surface area contributed by atoms with Gasteiger partial charge in [0.15, 0.2) is 0 Å². The van der Waals surface area contributed by atoms with Crippen molar-refractivity contribution in [3.8, 4) is 0 Å². The standard InChI is InChI=1S/C12H14N2O5/c15-7-12(4-1-5-12)13-10-3-2-8(14(18)19)6-9(10)11(16)17/h2-3,6,13,15H,1,4-5,7H2,(H,16,17). The molecule has 1 aliphatic carbocycles. The molecule has 3 N–H and O–H groups in total. The van der Waals surface area contributed by atoms with Gasteiger partial charge in [0, 0.05) is 17.8 Å². The predicted molar refractivity (Wildman–Crippen MR) is 67.3 cm³/mol. The molecule has 0 heterocycles. The summed E-state index contributed by atoms with van der Waals surface area (Å²) < 4.78 is 0. The number of hydrogen-bond donors (Lipinski definition) is 3. The summed E-state index contributed by atoms with van der Waals surface area (Å²) in [5.74, 6) is -1.24. The summed E-state index contributed by atoms with van der Waals surface area (Å²) in [6.07, 6.45) is 2.46. The molecule has 0 radical (unpaired) electrons. The van der Waals surface area contributed by atoms with Crippen molar-refractivity contribution in [2.24, 2.45) is 0 Å². The van der Waals surface area contributed by atoms with Crippen LogP contribution in [0.2, 0.25) is 0 Å². The van der Waals surface area contributed by atoms with Crippen LogP contribution in [-0.2, 0) is 0 Å². The summed E-state index contributed by atoms with van der Waals surface area (Å²) in [5, 5.41) is 32.1. The number of nitro groups is 1. The van der Waals surface area contributed by atoms with E-state index in [0.29, 0.717) is 5.69 Å². The summed E-state index contributed by atoms with van der Waals surface area (Å²) in [6.45, 7) is -0.0942. The Labute approximate surface area is 109 Å². The zero-order valence-electron chi connectivity index (χ0n) is 10.1. The third-order valence-corrected chi connectivity index (χ3v) is 3.46. The molecular formula is C12H14N2O5. The minimum Gasteiger partial charge on any atom is -0.478 e. The number of nitrogens with zero attached hydrogens (tertiary/aromatic N) is 1. The maximum absolute atomic E-state index is 11.2. The molecule has 0 unspecified atom stereocenters. The van der Waals surface area contributed by atoms with Crippen LogP contribution < -0.4 is 5.32 Å². The van der Waals surface area contributed by atoms with Crippen LogP contribution in [0, 0.1) is 10.1 Å². The zero-order valence-corrected chi connectivity index (χ0v) is 10.1. The summed E-state index contributed by atoms with van der Waals surface area (Å²) in [7, 11) is 0. The number of carboxylic acids is 1. The third kappa shape index (κ3) is 2.50. The monoisotopic (exact) mass is 266 g/mol. The Morgan fingerprint density at radius 3 is 2.58 bits per heavy atom. The highest BCUT2D eigenvalue weighted by Crippen LogP contribution is 2.36. The van der Waals surface area contributed by atoms with Crippen LogP contribution in [0.4, 0.5) is 11.4 Å². The molecule has 1 aromatic carbocycles. The topological polar surface area (TPSA) is 113 Å². The molecule has 1 fully saturated rings. The second-order valence-corrected chi connectivity index (χ2v) is 4.71. The molecule has 0 aromatic heterocycles. The van der Waals surface area contributed by atoms with E-state index in [1.807, 2.05) is 0 Å². The number of hydrogen-bond acceptors (Lipinski definition) is 5. The summed E-state index contributed by atoms with van der Waals surface area (Å²) in [4.78, 5) is 21.2. The first-order valence-corrected chi connectivity index (χ1v) is 5.88. The van der Waals surface area contributed by atoms with Crippen molar-refractivity contribution in [3.63, 3.8) is 0 Å². The van der Waals surface area contributed by atoms with Crippen LogP contribution in [-0.4, -0.2) is 33.3 Å². The molecule has 0 bridgehead atoms. The molecule has 0 amide bonds. The van der Waals surface area contributed by atoms with Crippen molar-refractivity contribution in [1.29, 1.82) is 0 Å². The fourth-order valence-corrected chi connectivity index (χ4v) is 2.14. The second kappa shape index (κ2) is 4.85. The van der Waals surface area contributed by atoms with Crippen LogP contribution in [0.25, 0.3) is 0 Å².